The van der Waals surface area contributed by atoms with Gasteiger partial charge in [-0.25, -0.2) is 15.0 Å². The lowest BCUT2D eigenvalue weighted by atomic mass is 9.87. The molecule has 0 amide bonds. The molecule has 1 aliphatic carbocycles. The van der Waals surface area contributed by atoms with E-state index in [1.165, 1.54) is 37.9 Å². The third-order valence-corrected chi connectivity index (χ3v) is 11.1. The SMILES string of the molecule is C1=CC2Oc3cc(-c4ccccc4)cc(-c4nc(-c5ccc(-c6ccccc6)cc5)nc(-c5ccc6c7ccccc7c7ccccc7c6c5)n4)c3C2C=C1. The molecule has 0 radical (unpaired) electrons. The van der Waals surface area contributed by atoms with Crippen LogP contribution in [0, 0.1) is 0 Å². The molecule has 258 valence electrons. The number of fused-ring (bicyclic) bond motifs is 9. The summed E-state index contributed by atoms with van der Waals surface area (Å²) in [5, 5.41) is 7.30. The second kappa shape index (κ2) is 12.8. The van der Waals surface area contributed by atoms with Gasteiger partial charge >= 0.3 is 0 Å². The van der Waals surface area contributed by atoms with Crippen LogP contribution in [0.15, 0.2) is 188 Å². The molecule has 0 saturated heterocycles. The molecule has 0 saturated carbocycles. The van der Waals surface area contributed by atoms with Gasteiger partial charge in [-0.05, 0) is 78.8 Å². The summed E-state index contributed by atoms with van der Waals surface area (Å²) in [4.78, 5) is 15.9. The van der Waals surface area contributed by atoms with Crippen molar-refractivity contribution in [1.82, 2.24) is 15.0 Å². The largest absolute Gasteiger partial charge is 0.485 e. The minimum absolute atomic E-state index is 0.0500. The molecule has 1 aromatic heterocycles. The van der Waals surface area contributed by atoms with Gasteiger partial charge in [0, 0.05) is 28.2 Å². The van der Waals surface area contributed by atoms with E-state index in [2.05, 4.69) is 176 Å². The van der Waals surface area contributed by atoms with Crippen LogP contribution in [0.3, 0.4) is 0 Å². The summed E-state index contributed by atoms with van der Waals surface area (Å²) < 4.78 is 6.64. The number of allylic oxidation sites excluding steroid dienone is 2. The Kier molecular flexibility index (Phi) is 7.27. The molecule has 9 aromatic rings. The highest BCUT2D eigenvalue weighted by Gasteiger charge is 2.36. The maximum Gasteiger partial charge on any atom is 0.164 e. The molecule has 55 heavy (non-hydrogen) atoms. The number of hydrogen-bond acceptors (Lipinski definition) is 4. The maximum atomic E-state index is 6.64. The zero-order valence-electron chi connectivity index (χ0n) is 29.8. The van der Waals surface area contributed by atoms with Gasteiger partial charge < -0.3 is 4.74 Å². The van der Waals surface area contributed by atoms with Gasteiger partial charge in [0.05, 0.1) is 0 Å². The van der Waals surface area contributed by atoms with Crippen LogP contribution in [0.5, 0.6) is 5.75 Å². The van der Waals surface area contributed by atoms with Crippen LogP contribution in [-0.4, -0.2) is 21.1 Å². The Morgan fingerprint density at radius 1 is 0.364 bits per heavy atom. The van der Waals surface area contributed by atoms with E-state index in [1.807, 2.05) is 12.1 Å². The molecule has 2 heterocycles. The first-order valence-corrected chi connectivity index (χ1v) is 18.8. The Morgan fingerprint density at radius 2 is 0.855 bits per heavy atom. The quantitative estimate of drug-likeness (QED) is 0.167. The van der Waals surface area contributed by atoms with Crippen LogP contribution in [-0.2, 0) is 0 Å². The summed E-state index contributed by atoms with van der Waals surface area (Å²) in [6.07, 6.45) is 8.45. The molecule has 0 bridgehead atoms. The number of aromatic nitrogens is 3. The van der Waals surface area contributed by atoms with Crippen LogP contribution < -0.4 is 4.74 Å². The Hall–Kier alpha value is -7.17. The van der Waals surface area contributed by atoms with E-state index >= 15 is 0 Å². The molecule has 1 aliphatic heterocycles. The minimum atomic E-state index is -0.0836. The van der Waals surface area contributed by atoms with Crippen LogP contribution in [0.25, 0.3) is 88.7 Å². The first-order chi connectivity index (χ1) is 27.2. The number of nitrogens with zero attached hydrogens (tertiary/aromatic N) is 3. The zero-order valence-corrected chi connectivity index (χ0v) is 29.8. The van der Waals surface area contributed by atoms with E-state index in [0.29, 0.717) is 17.5 Å². The Bertz CT molecular complexity index is 2970. The number of hydrogen-bond donors (Lipinski definition) is 0. The Morgan fingerprint density at radius 3 is 1.53 bits per heavy atom. The van der Waals surface area contributed by atoms with Crippen molar-refractivity contribution in [3.05, 3.63) is 194 Å². The lowest BCUT2D eigenvalue weighted by Crippen LogP contribution is -2.16. The van der Waals surface area contributed by atoms with Crippen molar-refractivity contribution < 1.29 is 4.74 Å². The lowest BCUT2D eigenvalue weighted by Gasteiger charge is -2.17. The van der Waals surface area contributed by atoms with Crippen LogP contribution >= 0.6 is 0 Å². The third kappa shape index (κ3) is 5.33. The molecule has 2 unspecified atom stereocenters. The Labute approximate surface area is 318 Å². The normalized spacial score (nSPS) is 15.6. The monoisotopic (exact) mass is 703 g/mol. The highest BCUT2D eigenvalue weighted by atomic mass is 16.5. The highest BCUT2D eigenvalue weighted by molar-refractivity contribution is 6.25. The second-order valence-corrected chi connectivity index (χ2v) is 14.3. The van der Waals surface area contributed by atoms with Gasteiger partial charge in [-0.15, -0.1) is 0 Å². The first-order valence-electron chi connectivity index (χ1n) is 18.8. The molecule has 4 heteroatoms. The van der Waals surface area contributed by atoms with Crippen molar-refractivity contribution in [2.24, 2.45) is 0 Å². The van der Waals surface area contributed by atoms with Crippen molar-refractivity contribution in [2.75, 3.05) is 0 Å². The smallest absolute Gasteiger partial charge is 0.164 e. The summed E-state index contributed by atoms with van der Waals surface area (Å²) in [6.45, 7) is 0. The molecular formula is C51H33N3O. The molecule has 8 aromatic carbocycles. The van der Waals surface area contributed by atoms with E-state index in [0.717, 1.165) is 44.7 Å². The molecule has 0 N–H and O–H groups in total. The standard InChI is InChI=1S/C51H33N3O/c1-3-13-32(14-4-1)34-23-25-35(26-24-34)49-52-50(36-27-28-42-40-19-8-7-17-38(40)39-18-9-10-20-41(39)44(42)29-36)54-51(53-49)45-30-37(33-15-5-2-6-16-33)31-47-48(45)43-21-11-12-22-46(43)55-47/h1-31,43,46H. The predicted molar refractivity (Wildman–Crippen MR) is 225 cm³/mol. The molecule has 11 rings (SSSR count). The van der Waals surface area contributed by atoms with Crippen molar-refractivity contribution >= 4 is 32.3 Å². The molecule has 4 nitrogen and oxygen atoms in total. The van der Waals surface area contributed by atoms with Gasteiger partial charge in [-0.3, -0.25) is 0 Å². The molecule has 0 fully saturated rings. The minimum Gasteiger partial charge on any atom is -0.485 e. The molecule has 2 atom stereocenters. The molecule has 0 spiro atoms. The lowest BCUT2D eigenvalue weighted by molar-refractivity contribution is 0.269. The van der Waals surface area contributed by atoms with Crippen molar-refractivity contribution in [2.45, 2.75) is 12.0 Å². The fraction of sp³-hybridized carbons (Fsp3) is 0.0392. The van der Waals surface area contributed by atoms with Gasteiger partial charge in [-0.2, -0.15) is 0 Å². The van der Waals surface area contributed by atoms with Gasteiger partial charge in [-0.1, -0.05) is 164 Å². The van der Waals surface area contributed by atoms with E-state index in [4.69, 9.17) is 19.7 Å². The first kappa shape index (κ1) is 31.4. The summed E-state index contributed by atoms with van der Waals surface area (Å²) in [5.41, 5.74) is 8.38. The van der Waals surface area contributed by atoms with Crippen LogP contribution in [0.4, 0.5) is 0 Å². The van der Waals surface area contributed by atoms with Crippen molar-refractivity contribution in [3.63, 3.8) is 0 Å². The van der Waals surface area contributed by atoms with Crippen molar-refractivity contribution in [3.8, 4) is 62.2 Å². The van der Waals surface area contributed by atoms with Gasteiger partial charge in [0.1, 0.15) is 11.9 Å². The molecule has 2 aliphatic rings. The summed E-state index contributed by atoms with van der Waals surface area (Å²) >= 11 is 0. The predicted octanol–water partition coefficient (Wildman–Crippen LogP) is 12.6. The van der Waals surface area contributed by atoms with Gasteiger partial charge in [0.2, 0.25) is 0 Å². The van der Waals surface area contributed by atoms with Crippen LogP contribution in [0.2, 0.25) is 0 Å². The van der Waals surface area contributed by atoms with E-state index in [-0.39, 0.29) is 12.0 Å². The van der Waals surface area contributed by atoms with E-state index < -0.39 is 0 Å². The average Bonchev–Trinajstić information content (AvgIpc) is 3.65. The zero-order chi connectivity index (χ0) is 36.3. The Balaban J connectivity index is 1.15. The van der Waals surface area contributed by atoms with E-state index in [9.17, 15) is 0 Å². The van der Waals surface area contributed by atoms with Gasteiger partial charge in [0.25, 0.3) is 0 Å². The third-order valence-electron chi connectivity index (χ3n) is 11.1. The second-order valence-electron chi connectivity index (χ2n) is 14.3. The topological polar surface area (TPSA) is 47.9 Å². The highest BCUT2D eigenvalue weighted by Crippen LogP contribution is 2.48. The number of rotatable bonds is 5. The summed E-state index contributed by atoms with van der Waals surface area (Å²) in [7, 11) is 0. The summed E-state index contributed by atoms with van der Waals surface area (Å²) in [5.74, 6) is 2.78. The fourth-order valence-electron chi connectivity index (χ4n) is 8.40. The number of ether oxygens (including phenoxy) is 1. The maximum absolute atomic E-state index is 6.64. The van der Waals surface area contributed by atoms with E-state index in [1.54, 1.807) is 0 Å². The average molecular weight is 704 g/mol. The number of benzene rings is 8. The summed E-state index contributed by atoms with van der Waals surface area (Å²) in [6, 6.07) is 57.8. The van der Waals surface area contributed by atoms with Crippen LogP contribution in [0.1, 0.15) is 11.5 Å². The van der Waals surface area contributed by atoms with Crippen molar-refractivity contribution in [1.29, 1.82) is 0 Å². The van der Waals surface area contributed by atoms with Gasteiger partial charge in [0.15, 0.2) is 17.5 Å². The molecular weight excluding hydrogens is 671 g/mol. The fourth-order valence-corrected chi connectivity index (χ4v) is 8.40.